The van der Waals surface area contributed by atoms with E-state index in [1.807, 2.05) is 13.8 Å². The molecule has 24 heavy (non-hydrogen) atoms. The zero-order chi connectivity index (χ0) is 18.9. The van der Waals surface area contributed by atoms with Crippen molar-refractivity contribution in [2.75, 3.05) is 20.1 Å². The van der Waals surface area contributed by atoms with Crippen molar-refractivity contribution < 1.29 is 34.8 Å². The summed E-state index contributed by atoms with van der Waals surface area (Å²) in [4.78, 5) is 32.9. The summed E-state index contributed by atoms with van der Waals surface area (Å²) in [7, 11) is 1.67. The number of hydrogen-bond acceptors (Lipinski definition) is 6. The SMILES string of the molecule is CN[C@@H](CC(C)C)C(=O)O.O=C(O)C(O)CN1CCC[C@H]1C(=O)O. The van der Waals surface area contributed by atoms with E-state index in [4.69, 9.17) is 20.4 Å². The topological polar surface area (TPSA) is 147 Å². The number of nitrogens with zero attached hydrogens (tertiary/aromatic N) is 1. The Hall–Kier alpha value is -1.71. The number of β-amino-alcohol motifs (C(OH)–C–C–N with tert-alkyl or cyclic N) is 1. The second-order valence-electron chi connectivity index (χ2n) is 6.15. The molecule has 1 saturated heterocycles. The highest BCUT2D eigenvalue weighted by atomic mass is 16.4. The number of carboxylic acid groups (broad SMARTS) is 3. The van der Waals surface area contributed by atoms with Crippen molar-refractivity contribution in [1.82, 2.24) is 10.2 Å². The fourth-order valence-corrected chi connectivity index (χ4v) is 2.44. The lowest BCUT2D eigenvalue weighted by molar-refractivity contribution is -0.150. The summed E-state index contributed by atoms with van der Waals surface area (Å²) in [6.07, 6.45) is 0.423. The second kappa shape index (κ2) is 11.0. The predicted octanol–water partition coefficient (Wildman–Crippen LogP) is -0.314. The molecule has 0 aliphatic carbocycles. The molecular weight excluding hydrogens is 320 g/mol. The largest absolute Gasteiger partial charge is 0.480 e. The van der Waals surface area contributed by atoms with Crippen LogP contribution in [0.2, 0.25) is 0 Å². The third-order valence-corrected chi connectivity index (χ3v) is 3.69. The molecule has 0 aromatic rings. The molecule has 3 atom stereocenters. The maximum Gasteiger partial charge on any atom is 0.333 e. The van der Waals surface area contributed by atoms with Crippen molar-refractivity contribution in [3.63, 3.8) is 0 Å². The standard InChI is InChI=1S/C8H13NO5.C7H15NO2/c10-6(8(13)14)4-9-3-1-2-5(9)7(11)12;1-5(2)4-6(8-3)7(9)10/h5-6,10H,1-4H2,(H,11,12)(H,13,14);5-6,8H,4H2,1-3H3,(H,9,10)/t5-,6?;6-/m00/s1. The highest BCUT2D eigenvalue weighted by molar-refractivity contribution is 5.75. The summed E-state index contributed by atoms with van der Waals surface area (Å²) >= 11 is 0. The van der Waals surface area contributed by atoms with Crippen LogP contribution >= 0.6 is 0 Å². The van der Waals surface area contributed by atoms with Crippen LogP contribution in [0.3, 0.4) is 0 Å². The first-order valence-corrected chi connectivity index (χ1v) is 7.87. The lowest BCUT2D eigenvalue weighted by Gasteiger charge is -2.21. The Labute approximate surface area is 141 Å². The van der Waals surface area contributed by atoms with Gasteiger partial charge in [-0.25, -0.2) is 4.79 Å². The molecule has 1 fully saturated rings. The first-order valence-electron chi connectivity index (χ1n) is 7.87. The Balaban J connectivity index is 0.000000470. The Kier molecular flexibility index (Phi) is 10.2. The van der Waals surface area contributed by atoms with Gasteiger partial charge in [-0.05, 0) is 38.8 Å². The van der Waals surface area contributed by atoms with E-state index >= 15 is 0 Å². The summed E-state index contributed by atoms with van der Waals surface area (Å²) in [5, 5.41) is 37.6. The molecular formula is C15H28N2O7. The Morgan fingerprint density at radius 3 is 2.08 bits per heavy atom. The minimum Gasteiger partial charge on any atom is -0.480 e. The van der Waals surface area contributed by atoms with Crippen molar-refractivity contribution in [2.45, 2.75) is 51.3 Å². The molecule has 1 rings (SSSR count). The van der Waals surface area contributed by atoms with E-state index in [2.05, 4.69) is 5.32 Å². The van der Waals surface area contributed by atoms with Crippen LogP contribution in [0.15, 0.2) is 0 Å². The van der Waals surface area contributed by atoms with E-state index in [-0.39, 0.29) is 12.6 Å². The Bertz CT molecular complexity index is 428. The number of carboxylic acids is 3. The fraction of sp³-hybridized carbons (Fsp3) is 0.800. The van der Waals surface area contributed by atoms with Crippen LogP contribution in [0, 0.1) is 5.92 Å². The zero-order valence-electron chi connectivity index (χ0n) is 14.3. The summed E-state index contributed by atoms with van der Waals surface area (Å²) in [6.45, 7) is 4.42. The molecule has 9 heteroatoms. The van der Waals surface area contributed by atoms with Gasteiger partial charge in [0.1, 0.15) is 12.1 Å². The van der Waals surface area contributed by atoms with Crippen LogP contribution in [0.25, 0.3) is 0 Å². The molecule has 0 spiro atoms. The number of likely N-dealkylation sites (N-methyl/N-ethyl adjacent to an activating group) is 1. The van der Waals surface area contributed by atoms with Gasteiger partial charge in [-0.15, -0.1) is 0 Å². The van der Waals surface area contributed by atoms with Crippen LogP contribution in [-0.4, -0.2) is 81.6 Å². The quantitative estimate of drug-likeness (QED) is 0.398. The molecule has 0 bridgehead atoms. The molecule has 5 N–H and O–H groups in total. The van der Waals surface area contributed by atoms with Gasteiger partial charge in [-0.2, -0.15) is 0 Å². The van der Waals surface area contributed by atoms with E-state index < -0.39 is 30.1 Å². The number of aliphatic hydroxyl groups excluding tert-OH is 1. The van der Waals surface area contributed by atoms with Crippen LogP contribution < -0.4 is 5.32 Å². The van der Waals surface area contributed by atoms with E-state index in [0.717, 1.165) is 6.42 Å². The predicted molar refractivity (Wildman–Crippen MR) is 85.8 cm³/mol. The average Bonchev–Trinajstić information content (AvgIpc) is 2.93. The highest BCUT2D eigenvalue weighted by Gasteiger charge is 2.32. The van der Waals surface area contributed by atoms with Crippen LogP contribution in [-0.2, 0) is 14.4 Å². The van der Waals surface area contributed by atoms with Crippen molar-refractivity contribution in [2.24, 2.45) is 5.92 Å². The first-order chi connectivity index (χ1) is 11.1. The second-order valence-corrected chi connectivity index (χ2v) is 6.15. The van der Waals surface area contributed by atoms with Gasteiger partial charge in [0.05, 0.1) is 0 Å². The first kappa shape index (κ1) is 22.3. The number of rotatable bonds is 8. The summed E-state index contributed by atoms with van der Waals surface area (Å²) < 4.78 is 0. The molecule has 1 unspecified atom stereocenters. The summed E-state index contributed by atoms with van der Waals surface area (Å²) in [5.74, 6) is -2.62. The van der Waals surface area contributed by atoms with Gasteiger partial charge in [0.15, 0.2) is 6.10 Å². The molecule has 1 aliphatic rings. The monoisotopic (exact) mass is 348 g/mol. The Morgan fingerprint density at radius 1 is 1.17 bits per heavy atom. The molecule has 0 radical (unpaired) electrons. The number of aliphatic hydroxyl groups is 1. The molecule has 0 amide bonds. The zero-order valence-corrected chi connectivity index (χ0v) is 14.3. The minimum absolute atomic E-state index is 0.119. The van der Waals surface area contributed by atoms with E-state index in [1.54, 1.807) is 7.05 Å². The molecule has 0 saturated carbocycles. The summed E-state index contributed by atoms with van der Waals surface area (Å²) in [6, 6.07) is -1.04. The normalized spacial score (nSPS) is 20.1. The highest BCUT2D eigenvalue weighted by Crippen LogP contribution is 2.17. The molecule has 1 heterocycles. The molecule has 1 aliphatic heterocycles. The average molecular weight is 348 g/mol. The van der Waals surface area contributed by atoms with Crippen molar-refractivity contribution in [3.8, 4) is 0 Å². The fourth-order valence-electron chi connectivity index (χ4n) is 2.44. The van der Waals surface area contributed by atoms with Crippen molar-refractivity contribution in [3.05, 3.63) is 0 Å². The van der Waals surface area contributed by atoms with Crippen LogP contribution in [0.1, 0.15) is 33.1 Å². The number of carbonyl (C=O) groups is 3. The van der Waals surface area contributed by atoms with Gasteiger partial charge < -0.3 is 25.7 Å². The van der Waals surface area contributed by atoms with Gasteiger partial charge in [0, 0.05) is 6.54 Å². The third-order valence-electron chi connectivity index (χ3n) is 3.69. The maximum absolute atomic E-state index is 10.7. The minimum atomic E-state index is -1.50. The molecule has 140 valence electrons. The smallest absolute Gasteiger partial charge is 0.333 e. The lowest BCUT2D eigenvalue weighted by Crippen LogP contribution is -2.42. The third kappa shape index (κ3) is 8.23. The number of nitrogens with one attached hydrogen (secondary N) is 1. The number of likely N-dealkylation sites (tertiary alicyclic amines) is 1. The summed E-state index contributed by atoms with van der Waals surface area (Å²) in [5.41, 5.74) is 0. The van der Waals surface area contributed by atoms with Gasteiger partial charge >= 0.3 is 17.9 Å². The van der Waals surface area contributed by atoms with Gasteiger partial charge in [0.25, 0.3) is 0 Å². The van der Waals surface area contributed by atoms with Crippen molar-refractivity contribution in [1.29, 1.82) is 0 Å². The number of aliphatic carboxylic acids is 3. The van der Waals surface area contributed by atoms with Gasteiger partial charge in [0.2, 0.25) is 0 Å². The molecule has 9 nitrogen and oxygen atoms in total. The van der Waals surface area contributed by atoms with Gasteiger partial charge in [-0.1, -0.05) is 13.8 Å². The van der Waals surface area contributed by atoms with E-state index in [0.29, 0.717) is 25.3 Å². The van der Waals surface area contributed by atoms with E-state index in [9.17, 15) is 14.4 Å². The van der Waals surface area contributed by atoms with Gasteiger partial charge in [-0.3, -0.25) is 14.5 Å². The van der Waals surface area contributed by atoms with Crippen LogP contribution in [0.5, 0.6) is 0 Å². The number of hydrogen-bond donors (Lipinski definition) is 5. The lowest BCUT2D eigenvalue weighted by atomic mass is 10.0. The Morgan fingerprint density at radius 2 is 1.75 bits per heavy atom. The maximum atomic E-state index is 10.7. The molecule has 0 aromatic heterocycles. The van der Waals surface area contributed by atoms with Crippen molar-refractivity contribution >= 4 is 17.9 Å². The molecule has 0 aromatic carbocycles. The van der Waals surface area contributed by atoms with E-state index in [1.165, 1.54) is 4.90 Å². The van der Waals surface area contributed by atoms with Crippen LogP contribution in [0.4, 0.5) is 0 Å².